The number of benzene rings is 1. The molecule has 0 aliphatic rings. The molecule has 0 spiro atoms. The molecular weight excluding hydrogens is 358 g/mol. The van der Waals surface area contributed by atoms with E-state index in [0.29, 0.717) is 24.9 Å². The van der Waals surface area contributed by atoms with E-state index in [1.807, 2.05) is 32.2 Å². The molecule has 0 aliphatic heterocycles. The number of hydrogen-bond acceptors (Lipinski definition) is 7. The van der Waals surface area contributed by atoms with Gasteiger partial charge in [0, 0.05) is 49.7 Å². The molecular formula is C19H25N7O2. The fraction of sp³-hybridized carbons (Fsp3) is 0.316. The van der Waals surface area contributed by atoms with Crippen LogP contribution < -0.4 is 22.1 Å². The molecule has 6 N–H and O–H groups in total. The Morgan fingerprint density at radius 3 is 2.89 bits per heavy atom. The fourth-order valence-corrected chi connectivity index (χ4v) is 2.97. The first-order chi connectivity index (χ1) is 13.4. The van der Waals surface area contributed by atoms with E-state index < -0.39 is 5.91 Å². The third kappa shape index (κ3) is 4.05. The number of carbonyl (C=O) groups excluding carboxylic acids is 1. The molecule has 2 heterocycles. The van der Waals surface area contributed by atoms with E-state index >= 15 is 0 Å². The minimum Gasteiger partial charge on any atom is -0.383 e. The van der Waals surface area contributed by atoms with Gasteiger partial charge in [0.2, 0.25) is 5.95 Å². The van der Waals surface area contributed by atoms with E-state index in [9.17, 15) is 4.79 Å². The second-order valence-corrected chi connectivity index (χ2v) is 6.62. The highest BCUT2D eigenvalue weighted by atomic mass is 16.5. The summed E-state index contributed by atoms with van der Waals surface area (Å²) >= 11 is 0. The zero-order chi connectivity index (χ0) is 20.3. The SMILES string of the molecule is COCC(N)CNc1ncc(C(N)=O)c(Nc2cccc3c2cc(C)n3C)n1. The Labute approximate surface area is 163 Å². The minimum absolute atomic E-state index is 0.205. The summed E-state index contributed by atoms with van der Waals surface area (Å²) in [5.74, 6) is 0.0661. The number of nitrogens with two attached hydrogens (primary N) is 2. The van der Waals surface area contributed by atoms with Gasteiger partial charge in [0.15, 0.2) is 0 Å². The fourth-order valence-electron chi connectivity index (χ4n) is 2.97. The van der Waals surface area contributed by atoms with Crippen molar-refractivity contribution in [3.63, 3.8) is 0 Å². The number of methoxy groups -OCH3 is 1. The van der Waals surface area contributed by atoms with E-state index in [1.54, 1.807) is 7.11 Å². The van der Waals surface area contributed by atoms with Crippen LogP contribution in [0.15, 0.2) is 30.5 Å². The minimum atomic E-state index is -0.610. The van der Waals surface area contributed by atoms with Gasteiger partial charge in [-0.15, -0.1) is 0 Å². The lowest BCUT2D eigenvalue weighted by Gasteiger charge is -2.14. The number of hydrogen-bond donors (Lipinski definition) is 4. The maximum absolute atomic E-state index is 11.8. The van der Waals surface area contributed by atoms with Crippen LogP contribution >= 0.6 is 0 Å². The summed E-state index contributed by atoms with van der Waals surface area (Å²) in [6.45, 7) is 2.87. The van der Waals surface area contributed by atoms with Crippen LogP contribution in [0.1, 0.15) is 16.1 Å². The average molecular weight is 383 g/mol. The molecule has 9 heteroatoms. The van der Waals surface area contributed by atoms with Crippen molar-refractivity contribution in [2.24, 2.45) is 18.5 Å². The largest absolute Gasteiger partial charge is 0.383 e. The highest BCUT2D eigenvalue weighted by molar-refractivity contribution is 6.00. The Kier molecular flexibility index (Phi) is 5.76. The summed E-state index contributed by atoms with van der Waals surface area (Å²) in [5, 5.41) is 7.30. The second-order valence-electron chi connectivity index (χ2n) is 6.62. The second kappa shape index (κ2) is 8.24. The molecule has 1 aromatic carbocycles. The predicted octanol–water partition coefficient (Wildman–Crippen LogP) is 1.50. The number of anilines is 3. The van der Waals surface area contributed by atoms with Gasteiger partial charge in [0.05, 0.1) is 12.1 Å². The van der Waals surface area contributed by atoms with Gasteiger partial charge < -0.3 is 31.4 Å². The van der Waals surface area contributed by atoms with Crippen LogP contribution in [-0.4, -0.2) is 46.7 Å². The van der Waals surface area contributed by atoms with E-state index in [0.717, 1.165) is 22.3 Å². The van der Waals surface area contributed by atoms with Gasteiger partial charge in [-0.3, -0.25) is 4.79 Å². The van der Waals surface area contributed by atoms with E-state index in [-0.39, 0.29) is 11.6 Å². The smallest absolute Gasteiger partial charge is 0.254 e. The monoisotopic (exact) mass is 383 g/mol. The molecule has 3 rings (SSSR count). The Bertz CT molecular complexity index is 999. The highest BCUT2D eigenvalue weighted by Gasteiger charge is 2.15. The van der Waals surface area contributed by atoms with Crippen LogP contribution in [-0.2, 0) is 11.8 Å². The van der Waals surface area contributed by atoms with Crippen molar-refractivity contribution in [1.29, 1.82) is 0 Å². The van der Waals surface area contributed by atoms with Crippen LogP contribution in [0, 0.1) is 6.92 Å². The van der Waals surface area contributed by atoms with Crippen molar-refractivity contribution >= 4 is 34.3 Å². The Morgan fingerprint density at radius 2 is 2.18 bits per heavy atom. The van der Waals surface area contributed by atoms with Crippen molar-refractivity contribution in [1.82, 2.24) is 14.5 Å². The van der Waals surface area contributed by atoms with Crippen LogP contribution in [0.25, 0.3) is 10.9 Å². The molecule has 28 heavy (non-hydrogen) atoms. The standard InChI is InChI=1S/C19H25N7O2/c1-11-7-13-15(5-4-6-16(13)26(11)2)24-18-14(17(21)27)9-23-19(25-18)22-8-12(20)10-28-3/h4-7,9,12H,8,10,20H2,1-3H3,(H2,21,27)(H2,22,23,24,25). The molecule has 3 aromatic rings. The average Bonchev–Trinajstić information content (AvgIpc) is 2.96. The van der Waals surface area contributed by atoms with Crippen molar-refractivity contribution in [3.8, 4) is 0 Å². The zero-order valence-electron chi connectivity index (χ0n) is 16.2. The topological polar surface area (TPSA) is 133 Å². The number of nitrogens with one attached hydrogen (secondary N) is 2. The molecule has 1 atom stereocenters. The van der Waals surface area contributed by atoms with E-state index in [1.165, 1.54) is 6.20 Å². The first kappa shape index (κ1) is 19.6. The highest BCUT2D eigenvalue weighted by Crippen LogP contribution is 2.29. The summed E-state index contributed by atoms with van der Waals surface area (Å²) in [6, 6.07) is 7.77. The molecule has 0 fully saturated rings. The number of aromatic nitrogens is 3. The lowest BCUT2D eigenvalue weighted by Crippen LogP contribution is -2.33. The summed E-state index contributed by atoms with van der Waals surface area (Å²) in [6.07, 6.45) is 1.40. The number of primary amides is 1. The molecule has 148 valence electrons. The Hall–Kier alpha value is -3.17. The summed E-state index contributed by atoms with van der Waals surface area (Å²) in [5.41, 5.74) is 14.6. The van der Waals surface area contributed by atoms with Gasteiger partial charge in [0.25, 0.3) is 5.91 Å². The van der Waals surface area contributed by atoms with Crippen molar-refractivity contribution < 1.29 is 9.53 Å². The van der Waals surface area contributed by atoms with Crippen LogP contribution in [0.4, 0.5) is 17.5 Å². The van der Waals surface area contributed by atoms with Gasteiger partial charge in [0.1, 0.15) is 11.4 Å². The third-order valence-corrected chi connectivity index (χ3v) is 4.54. The number of rotatable bonds is 8. The summed E-state index contributed by atoms with van der Waals surface area (Å²) < 4.78 is 7.11. The molecule has 0 saturated heterocycles. The molecule has 2 aromatic heterocycles. The first-order valence-corrected chi connectivity index (χ1v) is 8.88. The van der Waals surface area contributed by atoms with Gasteiger partial charge in [-0.1, -0.05) is 6.07 Å². The van der Waals surface area contributed by atoms with Crippen molar-refractivity contribution in [3.05, 3.63) is 41.7 Å². The normalized spacial score (nSPS) is 12.1. The van der Waals surface area contributed by atoms with E-state index in [4.69, 9.17) is 16.2 Å². The molecule has 1 amide bonds. The molecule has 0 saturated carbocycles. The van der Waals surface area contributed by atoms with Crippen LogP contribution in [0.3, 0.4) is 0 Å². The third-order valence-electron chi connectivity index (χ3n) is 4.54. The van der Waals surface area contributed by atoms with Crippen LogP contribution in [0.2, 0.25) is 0 Å². The number of aryl methyl sites for hydroxylation is 2. The Morgan fingerprint density at radius 1 is 1.39 bits per heavy atom. The number of amides is 1. The van der Waals surface area contributed by atoms with Gasteiger partial charge in [-0.25, -0.2) is 4.98 Å². The quantitative estimate of drug-likeness (QED) is 0.463. The van der Waals surface area contributed by atoms with Gasteiger partial charge >= 0.3 is 0 Å². The van der Waals surface area contributed by atoms with Crippen LogP contribution in [0.5, 0.6) is 0 Å². The molecule has 0 bridgehead atoms. The first-order valence-electron chi connectivity index (χ1n) is 8.88. The van der Waals surface area contributed by atoms with Crippen molar-refractivity contribution in [2.75, 3.05) is 30.9 Å². The molecule has 1 unspecified atom stereocenters. The van der Waals surface area contributed by atoms with Gasteiger partial charge in [-0.2, -0.15) is 4.98 Å². The maximum atomic E-state index is 11.8. The molecule has 0 aliphatic carbocycles. The molecule has 9 nitrogen and oxygen atoms in total. The lowest BCUT2D eigenvalue weighted by molar-refractivity contribution is 0.100. The summed E-state index contributed by atoms with van der Waals surface area (Å²) in [4.78, 5) is 20.4. The maximum Gasteiger partial charge on any atom is 0.254 e. The number of carbonyl (C=O) groups is 1. The number of nitrogens with zero attached hydrogens (tertiary/aromatic N) is 3. The zero-order valence-corrected chi connectivity index (χ0v) is 16.2. The van der Waals surface area contributed by atoms with E-state index in [2.05, 4.69) is 31.2 Å². The molecule has 0 radical (unpaired) electrons. The number of ether oxygens (including phenoxy) is 1. The number of fused-ring (bicyclic) bond motifs is 1. The Balaban J connectivity index is 1.93. The van der Waals surface area contributed by atoms with Crippen molar-refractivity contribution in [2.45, 2.75) is 13.0 Å². The lowest BCUT2D eigenvalue weighted by atomic mass is 10.2. The van der Waals surface area contributed by atoms with Gasteiger partial charge in [-0.05, 0) is 25.1 Å². The summed E-state index contributed by atoms with van der Waals surface area (Å²) in [7, 11) is 3.60. The predicted molar refractivity (Wildman–Crippen MR) is 110 cm³/mol.